The molecule has 0 unspecified atom stereocenters. The van der Waals surface area contributed by atoms with Crippen molar-refractivity contribution in [3.63, 3.8) is 0 Å². The summed E-state index contributed by atoms with van der Waals surface area (Å²) in [5, 5.41) is 3.27. The fourth-order valence-corrected chi connectivity index (χ4v) is 2.64. The van der Waals surface area contributed by atoms with Gasteiger partial charge in [-0.2, -0.15) is 0 Å². The zero-order valence-corrected chi connectivity index (χ0v) is 14.6. The number of carbonyl (C=O) groups excluding carboxylic acids is 1. The van der Waals surface area contributed by atoms with Gasteiger partial charge in [-0.3, -0.25) is 14.2 Å². The highest BCUT2D eigenvalue weighted by atomic mass is 16.5. The average molecular weight is 353 g/mol. The quantitative estimate of drug-likeness (QED) is 0.730. The van der Waals surface area contributed by atoms with E-state index in [1.165, 1.54) is 10.9 Å². The van der Waals surface area contributed by atoms with Crippen LogP contribution in [0.15, 0.2) is 53.6 Å². The van der Waals surface area contributed by atoms with E-state index in [-0.39, 0.29) is 24.6 Å². The van der Waals surface area contributed by atoms with Crippen LogP contribution < -0.4 is 20.3 Å². The van der Waals surface area contributed by atoms with Crippen LogP contribution in [0.5, 0.6) is 11.5 Å². The third-order valence-electron chi connectivity index (χ3n) is 4.01. The Kier molecular flexibility index (Phi) is 5.17. The van der Waals surface area contributed by atoms with Crippen LogP contribution in [0.2, 0.25) is 0 Å². The Balaban J connectivity index is 1.72. The highest BCUT2D eigenvalue weighted by molar-refractivity contribution is 5.78. The molecule has 0 saturated carbocycles. The van der Waals surface area contributed by atoms with Crippen LogP contribution >= 0.6 is 0 Å². The number of rotatable bonds is 6. The number of amides is 1. The molecule has 26 heavy (non-hydrogen) atoms. The van der Waals surface area contributed by atoms with Gasteiger partial charge in [0.05, 0.1) is 31.4 Å². The second-order valence-corrected chi connectivity index (χ2v) is 5.65. The minimum atomic E-state index is -0.297. The summed E-state index contributed by atoms with van der Waals surface area (Å²) in [6.45, 7) is 0.151. The van der Waals surface area contributed by atoms with E-state index in [4.69, 9.17) is 9.47 Å². The SMILES string of the molecule is COc1ccc(OC)c(CNC(=O)Cn2cnc3ccccc3c2=O)c1. The minimum Gasteiger partial charge on any atom is -0.497 e. The summed E-state index contributed by atoms with van der Waals surface area (Å²) in [6, 6.07) is 12.4. The molecule has 134 valence electrons. The normalized spacial score (nSPS) is 10.5. The van der Waals surface area contributed by atoms with Gasteiger partial charge in [0.15, 0.2) is 0 Å². The number of ether oxygens (including phenoxy) is 2. The van der Waals surface area contributed by atoms with Crippen LogP contribution in [0.4, 0.5) is 0 Å². The third kappa shape index (κ3) is 3.66. The predicted molar refractivity (Wildman–Crippen MR) is 97.4 cm³/mol. The number of nitrogens with zero attached hydrogens (tertiary/aromatic N) is 2. The number of methoxy groups -OCH3 is 2. The molecule has 2 aromatic carbocycles. The predicted octanol–water partition coefficient (Wildman–Crippen LogP) is 1.73. The monoisotopic (exact) mass is 353 g/mol. The number of fused-ring (bicyclic) bond motifs is 1. The van der Waals surface area contributed by atoms with E-state index in [1.54, 1.807) is 50.6 Å². The first-order chi connectivity index (χ1) is 12.6. The smallest absolute Gasteiger partial charge is 0.261 e. The van der Waals surface area contributed by atoms with Crippen molar-refractivity contribution in [2.75, 3.05) is 14.2 Å². The van der Waals surface area contributed by atoms with Gasteiger partial charge in [0, 0.05) is 12.1 Å². The van der Waals surface area contributed by atoms with Crippen LogP contribution in [-0.4, -0.2) is 29.7 Å². The van der Waals surface area contributed by atoms with Gasteiger partial charge in [0.1, 0.15) is 18.0 Å². The number of para-hydroxylation sites is 1. The second-order valence-electron chi connectivity index (χ2n) is 5.65. The lowest BCUT2D eigenvalue weighted by Crippen LogP contribution is -2.32. The summed E-state index contributed by atoms with van der Waals surface area (Å²) < 4.78 is 11.8. The van der Waals surface area contributed by atoms with Gasteiger partial charge in [-0.05, 0) is 30.3 Å². The molecule has 0 saturated heterocycles. The Morgan fingerprint density at radius 3 is 2.73 bits per heavy atom. The van der Waals surface area contributed by atoms with Crippen molar-refractivity contribution in [2.45, 2.75) is 13.1 Å². The Morgan fingerprint density at radius 1 is 1.15 bits per heavy atom. The summed E-state index contributed by atoms with van der Waals surface area (Å²) in [6.07, 6.45) is 1.39. The first-order valence-electron chi connectivity index (χ1n) is 8.04. The van der Waals surface area contributed by atoms with Crippen molar-refractivity contribution < 1.29 is 14.3 Å². The lowest BCUT2D eigenvalue weighted by atomic mass is 10.2. The van der Waals surface area contributed by atoms with E-state index < -0.39 is 0 Å². The van der Waals surface area contributed by atoms with Crippen LogP contribution in [0, 0.1) is 0 Å². The summed E-state index contributed by atoms with van der Waals surface area (Å²) in [5.74, 6) is 1.02. The van der Waals surface area contributed by atoms with Gasteiger partial charge in [0.25, 0.3) is 5.56 Å². The Morgan fingerprint density at radius 2 is 1.96 bits per heavy atom. The molecular weight excluding hydrogens is 334 g/mol. The second kappa shape index (κ2) is 7.69. The van der Waals surface area contributed by atoms with Crippen molar-refractivity contribution >= 4 is 16.8 Å². The fraction of sp³-hybridized carbons (Fsp3) is 0.211. The Bertz CT molecular complexity index is 997. The molecule has 0 radical (unpaired) electrons. The fourth-order valence-electron chi connectivity index (χ4n) is 2.64. The topological polar surface area (TPSA) is 82.4 Å². The van der Waals surface area contributed by atoms with Gasteiger partial charge in [-0.15, -0.1) is 0 Å². The van der Waals surface area contributed by atoms with Crippen LogP contribution in [0.25, 0.3) is 10.9 Å². The molecular formula is C19H19N3O4. The van der Waals surface area contributed by atoms with Gasteiger partial charge in [-0.1, -0.05) is 12.1 Å². The standard InChI is InChI=1S/C19H19N3O4/c1-25-14-7-8-17(26-2)13(9-14)10-20-18(23)11-22-12-21-16-6-4-3-5-15(16)19(22)24/h3-9,12H,10-11H2,1-2H3,(H,20,23). The third-order valence-corrected chi connectivity index (χ3v) is 4.01. The maximum absolute atomic E-state index is 12.4. The van der Waals surface area contributed by atoms with Crippen LogP contribution in [0.3, 0.4) is 0 Å². The highest BCUT2D eigenvalue weighted by Gasteiger charge is 2.10. The molecule has 0 aliphatic heterocycles. The largest absolute Gasteiger partial charge is 0.497 e. The first-order valence-corrected chi connectivity index (χ1v) is 8.04. The van der Waals surface area contributed by atoms with Crippen molar-refractivity contribution in [3.8, 4) is 11.5 Å². The molecule has 3 aromatic rings. The summed E-state index contributed by atoms with van der Waals surface area (Å²) >= 11 is 0. The van der Waals surface area contributed by atoms with E-state index >= 15 is 0 Å². The van der Waals surface area contributed by atoms with E-state index in [2.05, 4.69) is 10.3 Å². The Labute approximate surface area is 150 Å². The molecule has 3 rings (SSSR count). The van der Waals surface area contributed by atoms with E-state index in [0.29, 0.717) is 22.4 Å². The summed E-state index contributed by atoms with van der Waals surface area (Å²) in [5.41, 5.74) is 1.14. The van der Waals surface area contributed by atoms with Gasteiger partial charge < -0.3 is 14.8 Å². The molecule has 0 atom stereocenters. The number of benzene rings is 2. The maximum Gasteiger partial charge on any atom is 0.261 e. The summed E-state index contributed by atoms with van der Waals surface area (Å²) in [4.78, 5) is 28.9. The van der Waals surface area contributed by atoms with Crippen molar-refractivity contribution in [3.05, 3.63) is 64.7 Å². The molecule has 1 heterocycles. The number of aromatic nitrogens is 2. The number of nitrogens with one attached hydrogen (secondary N) is 1. The van der Waals surface area contributed by atoms with Crippen LogP contribution in [0.1, 0.15) is 5.56 Å². The summed E-state index contributed by atoms with van der Waals surface area (Å²) in [7, 11) is 3.14. The molecule has 0 aliphatic rings. The molecule has 0 fully saturated rings. The first kappa shape index (κ1) is 17.5. The molecule has 0 aliphatic carbocycles. The van der Waals surface area contributed by atoms with Gasteiger partial charge in [0.2, 0.25) is 5.91 Å². The average Bonchev–Trinajstić information content (AvgIpc) is 2.68. The number of carbonyl (C=O) groups is 1. The lowest BCUT2D eigenvalue weighted by molar-refractivity contribution is -0.121. The molecule has 0 bridgehead atoms. The molecule has 0 spiro atoms. The Hall–Kier alpha value is -3.35. The minimum absolute atomic E-state index is 0.108. The lowest BCUT2D eigenvalue weighted by Gasteiger charge is -2.12. The molecule has 1 amide bonds. The van der Waals surface area contributed by atoms with Gasteiger partial charge >= 0.3 is 0 Å². The zero-order chi connectivity index (χ0) is 18.5. The number of hydrogen-bond acceptors (Lipinski definition) is 5. The molecule has 7 nitrogen and oxygen atoms in total. The van der Waals surface area contributed by atoms with E-state index in [9.17, 15) is 9.59 Å². The number of hydrogen-bond donors (Lipinski definition) is 1. The molecule has 7 heteroatoms. The van der Waals surface area contributed by atoms with Crippen molar-refractivity contribution in [1.29, 1.82) is 0 Å². The van der Waals surface area contributed by atoms with Crippen molar-refractivity contribution in [1.82, 2.24) is 14.9 Å². The molecule has 1 N–H and O–H groups in total. The van der Waals surface area contributed by atoms with Crippen molar-refractivity contribution in [2.24, 2.45) is 0 Å². The molecule has 1 aromatic heterocycles. The van der Waals surface area contributed by atoms with E-state index in [0.717, 1.165) is 5.56 Å². The van der Waals surface area contributed by atoms with Gasteiger partial charge in [-0.25, -0.2) is 4.98 Å². The van der Waals surface area contributed by atoms with Crippen LogP contribution in [-0.2, 0) is 17.9 Å². The maximum atomic E-state index is 12.4. The highest BCUT2D eigenvalue weighted by Crippen LogP contribution is 2.23. The zero-order valence-electron chi connectivity index (χ0n) is 14.6. The van der Waals surface area contributed by atoms with E-state index in [1.807, 2.05) is 6.07 Å².